The zero-order valence-corrected chi connectivity index (χ0v) is 20.6. The van der Waals surface area contributed by atoms with Crippen molar-refractivity contribution < 1.29 is 27.5 Å². The van der Waals surface area contributed by atoms with E-state index in [2.05, 4.69) is 12.1 Å². The van der Waals surface area contributed by atoms with E-state index in [-0.39, 0.29) is 4.49 Å². The summed E-state index contributed by atoms with van der Waals surface area (Å²) in [5.41, 5.74) is 1.91. The summed E-state index contributed by atoms with van der Waals surface area (Å²) >= 11 is 11.2. The van der Waals surface area contributed by atoms with Gasteiger partial charge in [0.25, 0.3) is 0 Å². The molecule has 0 saturated heterocycles. The molecular weight excluding hydrogens is 490 g/mol. The first-order chi connectivity index (χ1) is 16.2. The predicted octanol–water partition coefficient (Wildman–Crippen LogP) is 7.87. The minimum atomic E-state index is -4.35. The van der Waals surface area contributed by atoms with Crippen molar-refractivity contribution in [2.45, 2.75) is 45.7 Å². The van der Waals surface area contributed by atoms with E-state index in [1.165, 1.54) is 18.3 Å². The highest BCUT2D eigenvalue weighted by Crippen LogP contribution is 2.30. The number of benzene rings is 2. The molecule has 0 radical (unpaired) electrons. The molecule has 2 rings (SSSR count). The van der Waals surface area contributed by atoms with E-state index in [1.807, 2.05) is 19.1 Å². The number of hydrogen-bond donors (Lipinski definition) is 0. The molecule has 0 spiro atoms. The van der Waals surface area contributed by atoms with Gasteiger partial charge in [0, 0.05) is 0 Å². The van der Waals surface area contributed by atoms with Crippen molar-refractivity contribution in [2.75, 3.05) is 19.8 Å². The number of alkyl halides is 3. The van der Waals surface area contributed by atoms with Crippen LogP contribution in [0.5, 0.6) is 11.5 Å². The quantitative estimate of drug-likeness (QED) is 0.154. The lowest BCUT2D eigenvalue weighted by molar-refractivity contribution is -0.137. The lowest BCUT2D eigenvalue weighted by Gasteiger charge is -2.15. The molecule has 0 amide bonds. The Bertz CT molecular complexity index is 957. The molecule has 0 aliphatic carbocycles. The zero-order chi connectivity index (χ0) is 25.0. The molecule has 0 bridgehead atoms. The minimum absolute atomic E-state index is 0.170. The summed E-state index contributed by atoms with van der Waals surface area (Å²) < 4.78 is 49.5. The van der Waals surface area contributed by atoms with Gasteiger partial charge in [-0.1, -0.05) is 47.4 Å². The van der Waals surface area contributed by atoms with Gasteiger partial charge < -0.3 is 14.3 Å². The predicted molar refractivity (Wildman–Crippen MR) is 130 cm³/mol. The Morgan fingerprint density at radius 1 is 1.00 bits per heavy atom. The van der Waals surface area contributed by atoms with Gasteiger partial charge in [0.15, 0.2) is 0 Å². The topological polar surface area (TPSA) is 40.0 Å². The normalized spacial score (nSPS) is 11.5. The van der Waals surface area contributed by atoms with Crippen molar-refractivity contribution >= 4 is 29.4 Å². The molecule has 2 aromatic carbocycles. The second-order valence-corrected chi connectivity index (χ2v) is 8.49. The lowest BCUT2D eigenvalue weighted by atomic mass is 10.1. The Kier molecular flexibility index (Phi) is 11.6. The third kappa shape index (κ3) is 9.85. The summed E-state index contributed by atoms with van der Waals surface area (Å²) in [6.45, 7) is 5.33. The SMILES string of the molecule is CCc1cc(OCC=C(Cl)Cl)cc(C)c1OCCCCCO/N=C/c1ccc(C(F)(F)F)cc1. The average Bonchev–Trinajstić information content (AvgIpc) is 2.78. The summed E-state index contributed by atoms with van der Waals surface area (Å²) in [7, 11) is 0. The molecular formula is C25H28Cl2F3NO3. The first-order valence-corrected chi connectivity index (χ1v) is 11.7. The van der Waals surface area contributed by atoms with Crippen LogP contribution in [0.3, 0.4) is 0 Å². The van der Waals surface area contributed by atoms with Crippen LogP contribution < -0.4 is 9.47 Å². The van der Waals surface area contributed by atoms with Crippen molar-refractivity contribution in [1.29, 1.82) is 0 Å². The summed E-state index contributed by atoms with van der Waals surface area (Å²) in [6.07, 6.45) is 1.97. The number of unbranched alkanes of at least 4 members (excludes halogenated alkanes) is 2. The van der Waals surface area contributed by atoms with Crippen molar-refractivity contribution in [3.63, 3.8) is 0 Å². The molecule has 9 heteroatoms. The van der Waals surface area contributed by atoms with Gasteiger partial charge in [-0.05, 0) is 79.6 Å². The Balaban J connectivity index is 1.68. The monoisotopic (exact) mass is 517 g/mol. The fraction of sp³-hybridized carbons (Fsp3) is 0.400. The number of nitrogens with zero attached hydrogens (tertiary/aromatic N) is 1. The van der Waals surface area contributed by atoms with E-state index in [1.54, 1.807) is 6.08 Å². The maximum atomic E-state index is 12.6. The molecule has 0 aromatic heterocycles. The van der Waals surface area contributed by atoms with E-state index < -0.39 is 11.7 Å². The van der Waals surface area contributed by atoms with Crippen LogP contribution in [0.1, 0.15) is 48.4 Å². The second kappa shape index (κ2) is 14.1. The summed E-state index contributed by atoms with van der Waals surface area (Å²) in [6, 6.07) is 8.62. The standard InChI is InChI=1S/C25H28Cl2F3NO3/c1-3-20-16-22(32-14-11-23(26)27)15-18(2)24(20)33-12-5-4-6-13-34-31-17-19-7-9-21(10-8-19)25(28,29)30/h7-11,15-17H,3-6,12-14H2,1-2H3/b31-17+. The van der Waals surface area contributed by atoms with Gasteiger partial charge in [-0.15, -0.1) is 0 Å². The van der Waals surface area contributed by atoms with Crippen LogP contribution in [0.4, 0.5) is 13.2 Å². The van der Waals surface area contributed by atoms with Gasteiger partial charge in [-0.25, -0.2) is 0 Å². The van der Waals surface area contributed by atoms with E-state index in [4.69, 9.17) is 37.5 Å². The van der Waals surface area contributed by atoms with E-state index >= 15 is 0 Å². The molecule has 2 aromatic rings. The third-order valence-electron chi connectivity index (χ3n) is 4.83. The average molecular weight is 518 g/mol. The van der Waals surface area contributed by atoms with E-state index in [0.717, 1.165) is 60.4 Å². The number of hydrogen-bond acceptors (Lipinski definition) is 4. The molecule has 186 valence electrons. The van der Waals surface area contributed by atoms with E-state index in [0.29, 0.717) is 25.4 Å². The molecule has 0 fully saturated rings. The van der Waals surface area contributed by atoms with E-state index in [9.17, 15) is 13.2 Å². The summed E-state index contributed by atoms with van der Waals surface area (Å²) in [4.78, 5) is 5.19. The van der Waals surface area contributed by atoms with Crippen LogP contribution in [0.25, 0.3) is 0 Å². The van der Waals surface area contributed by atoms with Crippen LogP contribution in [0.15, 0.2) is 52.1 Å². The van der Waals surface area contributed by atoms with Gasteiger partial charge in [0.2, 0.25) is 0 Å². The molecule has 0 heterocycles. The third-order valence-corrected chi connectivity index (χ3v) is 5.14. The molecule has 34 heavy (non-hydrogen) atoms. The molecule has 0 aliphatic rings. The minimum Gasteiger partial charge on any atom is -0.493 e. The number of rotatable bonds is 13. The lowest BCUT2D eigenvalue weighted by Crippen LogP contribution is -2.04. The molecule has 0 saturated carbocycles. The van der Waals surface area contributed by atoms with Gasteiger partial charge in [0.1, 0.15) is 29.2 Å². The number of oxime groups is 1. The highest BCUT2D eigenvalue weighted by atomic mass is 35.5. The highest BCUT2D eigenvalue weighted by Gasteiger charge is 2.29. The Hall–Kier alpha value is -2.38. The van der Waals surface area contributed by atoms with Crippen molar-refractivity contribution in [3.8, 4) is 11.5 Å². The largest absolute Gasteiger partial charge is 0.493 e. The Labute approximate surface area is 208 Å². The van der Waals surface area contributed by atoms with Crippen LogP contribution >= 0.6 is 23.2 Å². The van der Waals surface area contributed by atoms with Crippen molar-refractivity contribution in [1.82, 2.24) is 0 Å². The van der Waals surface area contributed by atoms with Gasteiger partial charge in [-0.2, -0.15) is 13.2 Å². The number of ether oxygens (including phenoxy) is 2. The maximum Gasteiger partial charge on any atom is 0.416 e. The summed E-state index contributed by atoms with van der Waals surface area (Å²) in [5, 5.41) is 3.80. The van der Waals surface area contributed by atoms with Gasteiger partial charge in [0.05, 0.1) is 18.4 Å². The first kappa shape index (κ1) is 27.9. The maximum absolute atomic E-state index is 12.6. The highest BCUT2D eigenvalue weighted by molar-refractivity contribution is 6.55. The van der Waals surface area contributed by atoms with Crippen LogP contribution in [0, 0.1) is 6.92 Å². The van der Waals surface area contributed by atoms with Crippen LogP contribution in [-0.4, -0.2) is 26.0 Å². The smallest absolute Gasteiger partial charge is 0.416 e. The summed E-state index contributed by atoms with van der Waals surface area (Å²) in [5.74, 6) is 1.61. The molecule has 4 nitrogen and oxygen atoms in total. The Morgan fingerprint density at radius 2 is 1.71 bits per heavy atom. The zero-order valence-electron chi connectivity index (χ0n) is 19.1. The second-order valence-electron chi connectivity index (χ2n) is 7.48. The molecule has 0 N–H and O–H groups in total. The van der Waals surface area contributed by atoms with Gasteiger partial charge >= 0.3 is 6.18 Å². The fourth-order valence-corrected chi connectivity index (χ4v) is 3.22. The molecule has 0 atom stereocenters. The Morgan fingerprint density at radius 3 is 2.35 bits per heavy atom. The van der Waals surface area contributed by atoms with Crippen molar-refractivity contribution in [3.05, 3.63) is 69.2 Å². The first-order valence-electron chi connectivity index (χ1n) is 10.9. The van der Waals surface area contributed by atoms with Gasteiger partial charge in [-0.3, -0.25) is 0 Å². The molecule has 0 unspecified atom stereocenters. The number of aryl methyl sites for hydroxylation is 2. The van der Waals surface area contributed by atoms with Crippen LogP contribution in [-0.2, 0) is 17.4 Å². The molecule has 0 aliphatic heterocycles. The number of halogens is 5. The van der Waals surface area contributed by atoms with Crippen molar-refractivity contribution in [2.24, 2.45) is 5.16 Å². The van der Waals surface area contributed by atoms with Crippen LogP contribution in [0.2, 0.25) is 0 Å². The fourth-order valence-electron chi connectivity index (χ4n) is 3.09.